The number of para-hydroxylation sites is 6. The van der Waals surface area contributed by atoms with E-state index in [1.165, 1.54) is 42.3 Å². The van der Waals surface area contributed by atoms with E-state index in [4.69, 9.17) is 15.0 Å². The number of aromatic nitrogens is 7. The van der Waals surface area contributed by atoms with E-state index in [0.717, 1.165) is 82.6 Å². The molecule has 0 bridgehead atoms. The van der Waals surface area contributed by atoms with E-state index >= 15 is 0 Å². The van der Waals surface area contributed by atoms with Crippen LogP contribution in [0.1, 0.15) is 0 Å². The number of fused-ring (bicyclic) bond motifs is 12. The molecule has 388 valence electrons. The van der Waals surface area contributed by atoms with E-state index in [1.54, 1.807) is 0 Å². The molecule has 0 fully saturated rings. The maximum atomic E-state index is 5.63. The van der Waals surface area contributed by atoms with Gasteiger partial charge in [0.05, 0.1) is 44.1 Å². The summed E-state index contributed by atoms with van der Waals surface area (Å²) < 4.78 is 9.27. The van der Waals surface area contributed by atoms with Gasteiger partial charge in [0.25, 0.3) is 0 Å². The van der Waals surface area contributed by atoms with Gasteiger partial charge >= 0.3 is 0 Å². The van der Waals surface area contributed by atoms with Gasteiger partial charge in [0.2, 0.25) is 11.9 Å². The quantitative estimate of drug-likeness (QED) is 0.107. The lowest BCUT2D eigenvalue weighted by molar-refractivity contribution is 0.893. The van der Waals surface area contributed by atoms with Gasteiger partial charge in [-0.05, 0) is 93.5 Å². The molecule has 0 aliphatic heterocycles. The highest BCUT2D eigenvalue weighted by Gasteiger charge is 2.41. The van der Waals surface area contributed by atoms with Crippen LogP contribution < -0.4 is 20.7 Å². The van der Waals surface area contributed by atoms with Crippen molar-refractivity contribution in [3.8, 4) is 34.7 Å². The molecule has 0 amide bonds. The fourth-order valence-corrected chi connectivity index (χ4v) is 18.4. The Morgan fingerprint density at radius 1 is 0.217 bits per heavy atom. The number of hydrogen-bond donors (Lipinski definition) is 0. The molecule has 17 aromatic rings. The monoisotopic (exact) mass is 1080 g/mol. The molecule has 17 rings (SSSR count). The molecule has 8 heteroatoms. The molecule has 12 aromatic carbocycles. The molecule has 0 radical (unpaired) electrons. The Kier molecular flexibility index (Phi) is 10.5. The first kappa shape index (κ1) is 46.9. The van der Waals surface area contributed by atoms with Crippen LogP contribution in [0.5, 0.6) is 0 Å². The molecule has 0 N–H and O–H groups in total. The minimum absolute atomic E-state index is 0.520. The second-order valence-electron chi connectivity index (χ2n) is 21.5. The SMILES string of the molecule is c1ccc([Si](c2ccccc2)(c2ccccc2)c2ccc(-c3nc(-n4c5ccccc5c5ccccc54)nc(-n4c5ccc(-n6c7ccccc7c7ccccc76)cc5c5cc(-n6c7ccccc7c7ccccc76)ccc54)n3)cc2)cc1. The van der Waals surface area contributed by atoms with E-state index in [0.29, 0.717) is 17.7 Å². The maximum Gasteiger partial charge on any atom is 0.240 e. The molecular formula is C75H49N7Si. The lowest BCUT2D eigenvalue weighted by atomic mass is 10.1. The normalized spacial score (nSPS) is 12.1. The van der Waals surface area contributed by atoms with Gasteiger partial charge in [0, 0.05) is 60.0 Å². The zero-order valence-corrected chi connectivity index (χ0v) is 45.9. The third-order valence-corrected chi connectivity index (χ3v) is 22.0. The molecule has 0 atom stereocenters. The number of benzene rings is 12. The molecule has 7 nitrogen and oxygen atoms in total. The maximum absolute atomic E-state index is 5.63. The Hall–Kier alpha value is -10.9. The van der Waals surface area contributed by atoms with Crippen molar-refractivity contribution < 1.29 is 0 Å². The van der Waals surface area contributed by atoms with Crippen molar-refractivity contribution in [2.45, 2.75) is 0 Å². The van der Waals surface area contributed by atoms with Gasteiger partial charge in [0.1, 0.15) is 0 Å². The van der Waals surface area contributed by atoms with Gasteiger partial charge in [-0.25, -0.2) is 0 Å². The summed E-state index contributed by atoms with van der Waals surface area (Å²) in [4.78, 5) is 16.8. The van der Waals surface area contributed by atoms with Crippen molar-refractivity contribution in [3.05, 3.63) is 297 Å². The van der Waals surface area contributed by atoms with Gasteiger partial charge in [-0.15, -0.1) is 0 Å². The van der Waals surface area contributed by atoms with Crippen molar-refractivity contribution in [2.24, 2.45) is 0 Å². The van der Waals surface area contributed by atoms with Gasteiger partial charge in [-0.1, -0.05) is 224 Å². The van der Waals surface area contributed by atoms with Crippen LogP contribution in [0, 0.1) is 0 Å². The summed E-state index contributed by atoms with van der Waals surface area (Å²) in [6, 6.07) is 108. The molecular weight excluding hydrogens is 1030 g/mol. The smallest absolute Gasteiger partial charge is 0.240 e. The summed E-state index contributed by atoms with van der Waals surface area (Å²) in [5.41, 5.74) is 11.6. The van der Waals surface area contributed by atoms with E-state index in [2.05, 4.69) is 316 Å². The highest BCUT2D eigenvalue weighted by atomic mass is 28.3. The van der Waals surface area contributed by atoms with Crippen LogP contribution in [0.25, 0.3) is 122 Å². The van der Waals surface area contributed by atoms with Crippen molar-refractivity contribution in [3.63, 3.8) is 0 Å². The highest BCUT2D eigenvalue weighted by Crippen LogP contribution is 2.40. The van der Waals surface area contributed by atoms with Gasteiger partial charge in [0.15, 0.2) is 13.9 Å². The largest absolute Gasteiger partial charge is 0.309 e. The lowest BCUT2D eigenvalue weighted by Crippen LogP contribution is -2.74. The third kappa shape index (κ3) is 7.06. The van der Waals surface area contributed by atoms with Crippen molar-refractivity contribution >= 4 is 116 Å². The highest BCUT2D eigenvalue weighted by molar-refractivity contribution is 7.19. The zero-order chi connectivity index (χ0) is 54.6. The van der Waals surface area contributed by atoms with Crippen LogP contribution >= 0.6 is 0 Å². The van der Waals surface area contributed by atoms with E-state index in [-0.39, 0.29) is 0 Å². The van der Waals surface area contributed by atoms with Crippen LogP contribution in [-0.2, 0) is 0 Å². The number of nitrogens with zero attached hydrogens (tertiary/aromatic N) is 7. The van der Waals surface area contributed by atoms with Crippen LogP contribution in [0.2, 0.25) is 0 Å². The molecule has 0 saturated carbocycles. The molecule has 83 heavy (non-hydrogen) atoms. The molecule has 0 aliphatic carbocycles. The van der Waals surface area contributed by atoms with Crippen LogP contribution in [0.15, 0.2) is 297 Å². The molecule has 5 aromatic heterocycles. The fraction of sp³-hybridized carbons (Fsp3) is 0. The van der Waals surface area contributed by atoms with Gasteiger partial charge in [-0.2, -0.15) is 15.0 Å². The summed E-state index contributed by atoms with van der Waals surface area (Å²) in [6.45, 7) is 0. The minimum atomic E-state index is -2.83. The Bertz CT molecular complexity index is 4960. The van der Waals surface area contributed by atoms with Crippen LogP contribution in [-0.4, -0.2) is 41.3 Å². The molecule has 0 saturated heterocycles. The van der Waals surface area contributed by atoms with Crippen LogP contribution in [0.3, 0.4) is 0 Å². The van der Waals surface area contributed by atoms with E-state index < -0.39 is 8.07 Å². The van der Waals surface area contributed by atoms with Gasteiger partial charge < -0.3 is 9.13 Å². The van der Waals surface area contributed by atoms with E-state index in [9.17, 15) is 0 Å². The zero-order valence-electron chi connectivity index (χ0n) is 44.9. The van der Waals surface area contributed by atoms with Crippen molar-refractivity contribution in [2.75, 3.05) is 0 Å². The van der Waals surface area contributed by atoms with Crippen molar-refractivity contribution in [1.29, 1.82) is 0 Å². The average Bonchev–Trinajstić information content (AvgIpc) is 2.97. The predicted molar refractivity (Wildman–Crippen MR) is 346 cm³/mol. The molecule has 0 spiro atoms. The second kappa shape index (κ2) is 18.6. The first-order valence-electron chi connectivity index (χ1n) is 28.3. The van der Waals surface area contributed by atoms with Gasteiger partial charge in [-0.3, -0.25) is 9.13 Å². The summed E-state index contributed by atoms with van der Waals surface area (Å²) >= 11 is 0. The standard InChI is InChI=1S/C75H49N7Si/c1-4-22-53(23-5-1)83(54-24-6-2-7-25-54,55-26-8-3-9-27-55)56-44-40-50(41-45-56)73-76-74(81-69-38-20-14-32-61(69)62-33-15-21-39-70(62)81)78-75(77-73)82-71-46-42-51(79-65-34-16-10-28-57(65)58-29-11-17-35-66(58)79)48-63(71)64-49-52(43-47-72(64)82)80-67-36-18-12-30-59(67)60-31-13-19-37-68(60)80/h1-49H. The Labute approximate surface area is 478 Å². The summed E-state index contributed by atoms with van der Waals surface area (Å²) in [7, 11) is -2.83. The predicted octanol–water partition coefficient (Wildman–Crippen LogP) is 15.3. The Morgan fingerprint density at radius 3 is 0.831 bits per heavy atom. The van der Waals surface area contributed by atoms with Crippen molar-refractivity contribution in [1.82, 2.24) is 33.2 Å². The molecule has 5 heterocycles. The summed E-state index contributed by atoms with van der Waals surface area (Å²) in [5, 5.41) is 14.5. The first-order valence-corrected chi connectivity index (χ1v) is 30.3. The average molecular weight is 1080 g/mol. The summed E-state index contributed by atoms with van der Waals surface area (Å²) in [5.74, 6) is 1.63. The number of rotatable bonds is 9. The number of hydrogen-bond acceptors (Lipinski definition) is 3. The molecule has 0 aliphatic rings. The summed E-state index contributed by atoms with van der Waals surface area (Å²) in [6.07, 6.45) is 0. The minimum Gasteiger partial charge on any atom is -0.309 e. The third-order valence-electron chi connectivity index (χ3n) is 17.2. The first-order chi connectivity index (χ1) is 41.2. The second-order valence-corrected chi connectivity index (χ2v) is 25.3. The topological polar surface area (TPSA) is 58.4 Å². The molecule has 0 unspecified atom stereocenters. The lowest BCUT2D eigenvalue weighted by Gasteiger charge is -2.34. The van der Waals surface area contributed by atoms with Crippen LogP contribution in [0.4, 0.5) is 0 Å². The Morgan fingerprint density at radius 2 is 0.494 bits per heavy atom. The Balaban J connectivity index is 0.936. The fourth-order valence-electron chi connectivity index (χ4n) is 13.6. The van der Waals surface area contributed by atoms with E-state index in [1.807, 2.05) is 0 Å².